The number of aryl methyl sites for hydroxylation is 2. The Hall–Kier alpha value is -3.07. The van der Waals surface area contributed by atoms with Crippen LogP contribution in [0.2, 0.25) is 10.0 Å². The Morgan fingerprint density at radius 1 is 0.947 bits per heavy atom. The minimum Gasteiger partial charge on any atom is -0.357 e. The zero-order valence-electron chi connectivity index (χ0n) is 22.0. The van der Waals surface area contributed by atoms with Crippen molar-refractivity contribution in [3.05, 3.63) is 93.0 Å². The van der Waals surface area contributed by atoms with Crippen molar-refractivity contribution in [1.82, 2.24) is 10.2 Å². The normalized spacial score (nSPS) is 12.1. The number of sulfonamides is 1. The number of nitrogens with zero attached hydrogens (tertiary/aromatic N) is 2. The number of benzene rings is 3. The van der Waals surface area contributed by atoms with Crippen molar-refractivity contribution >= 4 is 50.7 Å². The Labute approximate surface area is 234 Å². The third-order valence-corrected chi connectivity index (χ3v) is 9.00. The molecule has 3 rings (SSSR count). The molecule has 202 valence electrons. The first-order chi connectivity index (χ1) is 17.9. The summed E-state index contributed by atoms with van der Waals surface area (Å²) in [6.07, 6.45) is 0. The van der Waals surface area contributed by atoms with E-state index in [4.69, 9.17) is 23.2 Å². The van der Waals surface area contributed by atoms with E-state index in [2.05, 4.69) is 5.32 Å². The zero-order chi connectivity index (χ0) is 28.2. The smallest absolute Gasteiger partial charge is 0.264 e. The van der Waals surface area contributed by atoms with Gasteiger partial charge in [0, 0.05) is 13.6 Å². The number of carbonyl (C=O) groups excluding carboxylic acids is 2. The minimum atomic E-state index is -4.13. The van der Waals surface area contributed by atoms with Gasteiger partial charge in [-0.3, -0.25) is 13.9 Å². The van der Waals surface area contributed by atoms with Gasteiger partial charge in [-0.05, 0) is 74.7 Å². The van der Waals surface area contributed by atoms with E-state index in [-0.39, 0.29) is 11.4 Å². The number of halogens is 2. The van der Waals surface area contributed by atoms with Crippen LogP contribution in [0.5, 0.6) is 0 Å². The largest absolute Gasteiger partial charge is 0.357 e. The van der Waals surface area contributed by atoms with Crippen molar-refractivity contribution in [3.63, 3.8) is 0 Å². The maximum Gasteiger partial charge on any atom is 0.264 e. The van der Waals surface area contributed by atoms with Crippen molar-refractivity contribution in [3.8, 4) is 0 Å². The summed E-state index contributed by atoms with van der Waals surface area (Å²) in [5.74, 6) is -0.943. The summed E-state index contributed by atoms with van der Waals surface area (Å²) in [6.45, 7) is 6.65. The molecule has 38 heavy (non-hydrogen) atoms. The van der Waals surface area contributed by atoms with E-state index in [1.54, 1.807) is 49.4 Å². The molecule has 7 nitrogen and oxygen atoms in total. The summed E-state index contributed by atoms with van der Waals surface area (Å²) in [5, 5.41) is 3.23. The highest BCUT2D eigenvalue weighted by atomic mass is 35.5. The molecule has 0 fully saturated rings. The van der Waals surface area contributed by atoms with E-state index >= 15 is 0 Å². The highest BCUT2D eigenvalue weighted by Crippen LogP contribution is 2.30. The number of hydrogen-bond donors (Lipinski definition) is 1. The first-order valence-electron chi connectivity index (χ1n) is 12.0. The average molecular weight is 577 g/mol. The second-order valence-corrected chi connectivity index (χ2v) is 11.8. The zero-order valence-corrected chi connectivity index (χ0v) is 24.3. The minimum absolute atomic E-state index is 0.0233. The Morgan fingerprint density at radius 2 is 1.61 bits per heavy atom. The molecule has 2 amide bonds. The molecule has 10 heteroatoms. The average Bonchev–Trinajstić information content (AvgIpc) is 2.88. The van der Waals surface area contributed by atoms with Crippen molar-refractivity contribution in [2.45, 2.75) is 45.2 Å². The molecule has 0 aliphatic heterocycles. The van der Waals surface area contributed by atoms with Crippen LogP contribution in [0.25, 0.3) is 0 Å². The van der Waals surface area contributed by atoms with Gasteiger partial charge in [0.1, 0.15) is 12.6 Å². The quantitative estimate of drug-likeness (QED) is 0.376. The maximum absolute atomic E-state index is 13.9. The van der Waals surface area contributed by atoms with E-state index < -0.39 is 34.4 Å². The highest BCUT2D eigenvalue weighted by molar-refractivity contribution is 7.92. The molecule has 0 saturated heterocycles. The lowest BCUT2D eigenvalue weighted by Gasteiger charge is -2.32. The van der Waals surface area contributed by atoms with Crippen molar-refractivity contribution < 1.29 is 18.0 Å². The van der Waals surface area contributed by atoms with E-state index in [1.165, 1.54) is 24.1 Å². The van der Waals surface area contributed by atoms with Crippen molar-refractivity contribution in [1.29, 1.82) is 0 Å². The fraction of sp³-hybridized carbons (Fsp3) is 0.286. The molecular weight excluding hydrogens is 545 g/mol. The Bertz CT molecular complexity index is 1440. The molecule has 1 atom stereocenters. The molecule has 0 saturated carbocycles. The molecule has 3 aromatic carbocycles. The molecule has 1 N–H and O–H groups in total. The van der Waals surface area contributed by atoms with Crippen LogP contribution in [0, 0.1) is 20.8 Å². The van der Waals surface area contributed by atoms with Gasteiger partial charge in [-0.2, -0.15) is 0 Å². The van der Waals surface area contributed by atoms with Crippen molar-refractivity contribution in [2.24, 2.45) is 0 Å². The fourth-order valence-corrected chi connectivity index (χ4v) is 5.78. The lowest BCUT2D eigenvalue weighted by atomic mass is 10.1. The van der Waals surface area contributed by atoms with Gasteiger partial charge in [0.2, 0.25) is 11.8 Å². The molecule has 0 unspecified atom stereocenters. The van der Waals surface area contributed by atoms with Crippen LogP contribution in [-0.2, 0) is 26.2 Å². The summed E-state index contributed by atoms with van der Waals surface area (Å²) in [6, 6.07) is 15.8. The molecule has 0 radical (unpaired) electrons. The first-order valence-corrected chi connectivity index (χ1v) is 14.2. The topological polar surface area (TPSA) is 86.8 Å². The standard InChI is InChI=1S/C28H31Cl2N3O4S/c1-18-9-12-23(13-10-18)38(36,37)33(26-8-6-7-19(2)20(26)3)17-27(34)32(21(4)28(35)31-5)16-22-11-14-24(29)25(30)15-22/h6-15,21H,16-17H2,1-5H3,(H,31,35)/t21-/m0/s1. The molecule has 0 heterocycles. The van der Waals surface area contributed by atoms with Gasteiger partial charge in [-0.15, -0.1) is 0 Å². The highest BCUT2D eigenvalue weighted by Gasteiger charge is 2.33. The van der Waals surface area contributed by atoms with E-state index in [0.717, 1.165) is 21.0 Å². The second-order valence-electron chi connectivity index (χ2n) is 9.10. The molecule has 3 aromatic rings. The lowest BCUT2D eigenvalue weighted by molar-refractivity contribution is -0.139. The molecule has 0 spiro atoms. The van der Waals surface area contributed by atoms with E-state index in [0.29, 0.717) is 21.3 Å². The summed E-state index contributed by atoms with van der Waals surface area (Å²) in [5.41, 5.74) is 3.55. The molecule has 0 aromatic heterocycles. The van der Waals surface area contributed by atoms with Gasteiger partial charge in [0.15, 0.2) is 0 Å². The van der Waals surface area contributed by atoms with Crippen LogP contribution in [0.3, 0.4) is 0 Å². The van der Waals surface area contributed by atoms with Gasteiger partial charge in [0.25, 0.3) is 10.0 Å². The van der Waals surface area contributed by atoms with Gasteiger partial charge in [0.05, 0.1) is 20.6 Å². The predicted molar refractivity (Wildman–Crippen MR) is 152 cm³/mol. The summed E-state index contributed by atoms with van der Waals surface area (Å²) >= 11 is 12.2. The van der Waals surface area contributed by atoms with Crippen molar-refractivity contribution in [2.75, 3.05) is 17.9 Å². The third-order valence-electron chi connectivity index (χ3n) is 6.48. The SMILES string of the molecule is CNC(=O)[C@H](C)N(Cc1ccc(Cl)c(Cl)c1)C(=O)CN(c1cccc(C)c1C)S(=O)(=O)c1ccc(C)cc1. The Balaban J connectivity index is 2.08. The number of likely N-dealkylation sites (N-methyl/N-ethyl adjacent to an activating group) is 1. The van der Waals surface area contributed by atoms with E-state index in [9.17, 15) is 18.0 Å². The summed E-state index contributed by atoms with van der Waals surface area (Å²) < 4.78 is 28.9. The third kappa shape index (κ3) is 6.49. The predicted octanol–water partition coefficient (Wildman–Crippen LogP) is 5.28. The van der Waals surface area contributed by atoms with Crippen LogP contribution in [0.4, 0.5) is 5.69 Å². The molecule has 0 bridgehead atoms. The van der Waals surface area contributed by atoms with E-state index in [1.807, 2.05) is 26.8 Å². The van der Waals surface area contributed by atoms with Gasteiger partial charge < -0.3 is 10.2 Å². The van der Waals surface area contributed by atoms with Crippen LogP contribution in [0.15, 0.2) is 65.6 Å². The van der Waals surface area contributed by atoms with Gasteiger partial charge in [-0.25, -0.2) is 8.42 Å². The van der Waals surface area contributed by atoms with Crippen LogP contribution in [0.1, 0.15) is 29.2 Å². The second kappa shape index (κ2) is 12.2. The maximum atomic E-state index is 13.9. The lowest BCUT2D eigenvalue weighted by Crippen LogP contribution is -2.50. The number of hydrogen-bond acceptors (Lipinski definition) is 4. The molecule has 0 aliphatic carbocycles. The Morgan fingerprint density at radius 3 is 2.21 bits per heavy atom. The molecule has 0 aliphatic rings. The number of amides is 2. The van der Waals surface area contributed by atoms with Crippen LogP contribution >= 0.6 is 23.2 Å². The van der Waals surface area contributed by atoms with Gasteiger partial charge in [-0.1, -0.05) is 59.1 Å². The number of rotatable bonds is 9. The number of anilines is 1. The summed E-state index contributed by atoms with van der Waals surface area (Å²) in [7, 11) is -2.65. The van der Waals surface area contributed by atoms with Crippen LogP contribution in [-0.4, -0.2) is 44.8 Å². The number of carbonyl (C=O) groups is 2. The van der Waals surface area contributed by atoms with Crippen LogP contribution < -0.4 is 9.62 Å². The first kappa shape index (κ1) is 29.5. The Kier molecular flexibility index (Phi) is 9.46. The fourth-order valence-electron chi connectivity index (χ4n) is 3.98. The molecular formula is C28H31Cl2N3O4S. The van der Waals surface area contributed by atoms with Gasteiger partial charge >= 0.3 is 0 Å². The number of nitrogens with one attached hydrogen (secondary N) is 1. The monoisotopic (exact) mass is 575 g/mol. The summed E-state index contributed by atoms with van der Waals surface area (Å²) in [4.78, 5) is 27.8.